The van der Waals surface area contributed by atoms with Crippen LogP contribution in [0, 0.1) is 5.92 Å². The number of nitrogens with zero attached hydrogens (tertiary/aromatic N) is 2. The molecule has 0 saturated carbocycles. The summed E-state index contributed by atoms with van der Waals surface area (Å²) < 4.78 is 2.65. The van der Waals surface area contributed by atoms with Crippen LogP contribution in [0.15, 0.2) is 16.7 Å². The Morgan fingerprint density at radius 1 is 1.53 bits per heavy atom. The summed E-state index contributed by atoms with van der Waals surface area (Å²) in [5.74, 6) is -0.519. The quantitative estimate of drug-likeness (QED) is 0.909. The van der Waals surface area contributed by atoms with Gasteiger partial charge < -0.3 is 14.6 Å². The fourth-order valence-electron chi connectivity index (χ4n) is 1.89. The lowest BCUT2D eigenvalue weighted by molar-refractivity contribution is 0.0679. The minimum atomic E-state index is -0.889. The van der Waals surface area contributed by atoms with Crippen LogP contribution >= 0.6 is 15.9 Å². The fourth-order valence-corrected chi connectivity index (χ4v) is 2.32. The summed E-state index contributed by atoms with van der Waals surface area (Å²) in [6.45, 7) is 5.03. The Morgan fingerprint density at radius 2 is 2.12 bits per heavy atom. The van der Waals surface area contributed by atoms with E-state index in [1.807, 2.05) is 24.9 Å². The van der Waals surface area contributed by atoms with E-state index in [1.54, 1.807) is 6.07 Å². The number of rotatable bonds is 5. The van der Waals surface area contributed by atoms with Crippen LogP contribution < -0.4 is 0 Å². The van der Waals surface area contributed by atoms with Crippen LogP contribution in [-0.2, 0) is 0 Å². The minimum Gasteiger partial charge on any atom is -0.477 e. The standard InChI is InChI=1S/C12H19BrN2O2/c1-8(2)11(7-14(3)4)15-6-9(13)5-10(15)12(16)17/h5-6,8,11H,7H2,1-4H3,(H,16,17). The molecule has 0 aliphatic rings. The molecule has 0 radical (unpaired) electrons. The molecule has 0 amide bonds. The summed E-state index contributed by atoms with van der Waals surface area (Å²) >= 11 is 3.34. The molecule has 1 aromatic rings. The molecule has 0 aliphatic carbocycles. The van der Waals surface area contributed by atoms with E-state index in [2.05, 4.69) is 34.7 Å². The van der Waals surface area contributed by atoms with Crippen molar-refractivity contribution >= 4 is 21.9 Å². The molecule has 0 spiro atoms. The largest absolute Gasteiger partial charge is 0.477 e. The third kappa shape index (κ3) is 3.57. The number of halogens is 1. The topological polar surface area (TPSA) is 45.5 Å². The lowest BCUT2D eigenvalue weighted by Crippen LogP contribution is -2.29. The molecule has 1 unspecified atom stereocenters. The van der Waals surface area contributed by atoms with Crippen molar-refractivity contribution in [1.29, 1.82) is 0 Å². The highest BCUT2D eigenvalue weighted by atomic mass is 79.9. The first-order valence-electron chi connectivity index (χ1n) is 5.58. The Kier molecular flexibility index (Phi) is 4.77. The minimum absolute atomic E-state index is 0.155. The Balaban J connectivity index is 3.13. The van der Waals surface area contributed by atoms with Crippen molar-refractivity contribution in [1.82, 2.24) is 9.47 Å². The molecule has 0 bridgehead atoms. The van der Waals surface area contributed by atoms with Gasteiger partial charge in [0.15, 0.2) is 0 Å². The molecule has 5 heteroatoms. The molecule has 96 valence electrons. The van der Waals surface area contributed by atoms with Crippen LogP contribution in [0.3, 0.4) is 0 Å². The molecular formula is C12H19BrN2O2. The maximum atomic E-state index is 11.2. The fraction of sp³-hybridized carbons (Fsp3) is 0.583. The van der Waals surface area contributed by atoms with Crippen LogP contribution in [0.5, 0.6) is 0 Å². The number of aromatic carboxylic acids is 1. The van der Waals surface area contributed by atoms with E-state index in [1.165, 1.54) is 0 Å². The number of likely N-dealkylation sites (N-methyl/N-ethyl adjacent to an activating group) is 1. The molecule has 0 aliphatic heterocycles. The van der Waals surface area contributed by atoms with Crippen molar-refractivity contribution in [2.24, 2.45) is 5.92 Å². The predicted molar refractivity (Wildman–Crippen MR) is 71.5 cm³/mol. The van der Waals surface area contributed by atoms with Crippen LogP contribution in [0.1, 0.15) is 30.4 Å². The number of aromatic nitrogens is 1. The zero-order valence-electron chi connectivity index (χ0n) is 10.6. The van der Waals surface area contributed by atoms with Gasteiger partial charge >= 0.3 is 5.97 Å². The van der Waals surface area contributed by atoms with Crippen molar-refractivity contribution in [3.8, 4) is 0 Å². The van der Waals surface area contributed by atoms with Crippen LogP contribution in [0.25, 0.3) is 0 Å². The lowest BCUT2D eigenvalue weighted by Gasteiger charge is -2.27. The molecule has 1 atom stereocenters. The van der Waals surface area contributed by atoms with Gasteiger partial charge in [-0.15, -0.1) is 0 Å². The Labute approximate surface area is 110 Å². The maximum Gasteiger partial charge on any atom is 0.352 e. The molecule has 1 rings (SSSR count). The first-order chi connectivity index (χ1) is 7.82. The van der Waals surface area contributed by atoms with Crippen LogP contribution in [-0.4, -0.2) is 41.2 Å². The van der Waals surface area contributed by atoms with E-state index in [-0.39, 0.29) is 6.04 Å². The molecule has 0 saturated heterocycles. The first kappa shape index (κ1) is 14.3. The van der Waals surface area contributed by atoms with Crippen molar-refractivity contribution in [2.45, 2.75) is 19.9 Å². The van der Waals surface area contributed by atoms with Gasteiger partial charge in [-0.25, -0.2) is 4.79 Å². The average Bonchev–Trinajstić information content (AvgIpc) is 2.55. The van der Waals surface area contributed by atoms with Crippen LogP contribution in [0.2, 0.25) is 0 Å². The molecule has 1 heterocycles. The van der Waals surface area contributed by atoms with Gasteiger partial charge in [-0.2, -0.15) is 0 Å². The van der Waals surface area contributed by atoms with E-state index in [4.69, 9.17) is 0 Å². The van der Waals surface area contributed by atoms with Gasteiger partial charge in [-0.3, -0.25) is 0 Å². The monoisotopic (exact) mass is 302 g/mol. The number of hydrogen-bond acceptors (Lipinski definition) is 2. The molecule has 0 fully saturated rings. The van der Waals surface area contributed by atoms with Crippen molar-refractivity contribution < 1.29 is 9.90 Å². The third-order valence-corrected chi connectivity index (χ3v) is 3.15. The average molecular weight is 303 g/mol. The number of carboxylic acids is 1. The van der Waals surface area contributed by atoms with Crippen LogP contribution in [0.4, 0.5) is 0 Å². The van der Waals surface area contributed by atoms with Crippen molar-refractivity contribution in [3.05, 3.63) is 22.4 Å². The smallest absolute Gasteiger partial charge is 0.352 e. The molecule has 1 aromatic heterocycles. The highest BCUT2D eigenvalue weighted by Gasteiger charge is 2.22. The van der Waals surface area contributed by atoms with E-state index >= 15 is 0 Å². The van der Waals surface area contributed by atoms with E-state index in [9.17, 15) is 9.90 Å². The summed E-state index contributed by atoms with van der Waals surface area (Å²) in [6, 6.07) is 1.80. The SMILES string of the molecule is CC(C)C(CN(C)C)n1cc(Br)cc1C(=O)O. The van der Waals surface area contributed by atoms with E-state index < -0.39 is 5.97 Å². The van der Waals surface area contributed by atoms with Crippen molar-refractivity contribution in [2.75, 3.05) is 20.6 Å². The Morgan fingerprint density at radius 3 is 2.53 bits per heavy atom. The van der Waals surface area contributed by atoms with E-state index in [0.717, 1.165) is 11.0 Å². The van der Waals surface area contributed by atoms with E-state index in [0.29, 0.717) is 11.6 Å². The lowest BCUT2D eigenvalue weighted by atomic mass is 10.0. The third-order valence-electron chi connectivity index (χ3n) is 2.71. The summed E-state index contributed by atoms with van der Waals surface area (Å²) in [5, 5.41) is 9.19. The summed E-state index contributed by atoms with van der Waals surface area (Å²) in [4.78, 5) is 13.3. The predicted octanol–water partition coefficient (Wildman–Crippen LogP) is 2.71. The zero-order valence-corrected chi connectivity index (χ0v) is 12.2. The Bertz CT molecular complexity index is 399. The summed E-state index contributed by atoms with van der Waals surface area (Å²) in [7, 11) is 3.99. The molecule has 17 heavy (non-hydrogen) atoms. The second-order valence-corrected chi connectivity index (χ2v) is 5.75. The molecule has 0 aromatic carbocycles. The van der Waals surface area contributed by atoms with Gasteiger partial charge in [0, 0.05) is 23.3 Å². The highest BCUT2D eigenvalue weighted by Crippen LogP contribution is 2.25. The number of carbonyl (C=O) groups is 1. The summed E-state index contributed by atoms with van der Waals surface area (Å²) in [6.07, 6.45) is 1.84. The highest BCUT2D eigenvalue weighted by molar-refractivity contribution is 9.10. The molecular weight excluding hydrogens is 284 g/mol. The molecule has 4 nitrogen and oxygen atoms in total. The van der Waals surface area contributed by atoms with Gasteiger partial charge in [0.25, 0.3) is 0 Å². The van der Waals surface area contributed by atoms with Gasteiger partial charge in [-0.05, 0) is 42.0 Å². The summed E-state index contributed by atoms with van der Waals surface area (Å²) in [5.41, 5.74) is 0.331. The van der Waals surface area contributed by atoms with Crippen molar-refractivity contribution in [3.63, 3.8) is 0 Å². The van der Waals surface area contributed by atoms with Gasteiger partial charge in [0.1, 0.15) is 5.69 Å². The first-order valence-corrected chi connectivity index (χ1v) is 6.37. The molecule has 1 N–H and O–H groups in total. The zero-order chi connectivity index (χ0) is 13.2. The number of hydrogen-bond donors (Lipinski definition) is 1. The normalized spacial score (nSPS) is 13.4. The number of carboxylic acid groups (broad SMARTS) is 1. The Hall–Kier alpha value is -0.810. The second-order valence-electron chi connectivity index (χ2n) is 4.83. The second kappa shape index (κ2) is 5.69. The van der Waals surface area contributed by atoms with Gasteiger partial charge in [-0.1, -0.05) is 13.8 Å². The van der Waals surface area contributed by atoms with Gasteiger partial charge in [0.2, 0.25) is 0 Å². The van der Waals surface area contributed by atoms with Gasteiger partial charge in [0.05, 0.1) is 0 Å². The maximum absolute atomic E-state index is 11.2.